The minimum absolute atomic E-state index is 0.355. The Morgan fingerprint density at radius 3 is 1.85 bits per heavy atom. The third kappa shape index (κ3) is 9.07. The Bertz CT molecular complexity index is 457. The van der Waals surface area contributed by atoms with Crippen LogP contribution in [0.15, 0.2) is 35.9 Å². The molecule has 0 unspecified atom stereocenters. The van der Waals surface area contributed by atoms with E-state index in [0.717, 1.165) is 23.2 Å². The van der Waals surface area contributed by atoms with E-state index < -0.39 is 53.1 Å². The van der Waals surface area contributed by atoms with Crippen LogP contribution < -0.4 is 0 Å². The molecule has 0 bridgehead atoms. The van der Waals surface area contributed by atoms with Crippen molar-refractivity contribution in [3.05, 3.63) is 35.9 Å². The average Bonchev–Trinajstić information content (AvgIpc) is 2.65. The van der Waals surface area contributed by atoms with Gasteiger partial charge in [0.25, 0.3) is 0 Å². The Labute approximate surface area is 168 Å². The second-order valence-electron chi connectivity index (χ2n) is 5.55. The Morgan fingerprint density at radius 1 is 0.962 bits per heavy atom. The summed E-state index contributed by atoms with van der Waals surface area (Å²) in [4.78, 5) is 11.3. The van der Waals surface area contributed by atoms with Gasteiger partial charge in [-0.1, -0.05) is 13.1 Å². The summed E-state index contributed by atoms with van der Waals surface area (Å²) >= 11 is 0. The Hall–Kier alpha value is -1.03. The molecule has 0 aromatic rings. The van der Waals surface area contributed by atoms with Crippen molar-refractivity contribution in [1.82, 2.24) is 0 Å². The molecule has 26 heavy (non-hydrogen) atoms. The molecule has 0 fully saturated rings. The first-order chi connectivity index (χ1) is 12.5. The normalized spacial score (nSPS) is 16.0. The van der Waals surface area contributed by atoms with Crippen molar-refractivity contribution in [3.63, 3.8) is 0 Å². The molecule has 0 atom stereocenters. The van der Waals surface area contributed by atoms with E-state index in [1.807, 2.05) is 12.5 Å². The van der Waals surface area contributed by atoms with E-state index in [4.69, 9.17) is 22.4 Å². The molecule has 0 N–H and O–H groups in total. The summed E-state index contributed by atoms with van der Waals surface area (Å²) in [5, 5.41) is 1.84. The van der Waals surface area contributed by atoms with Crippen molar-refractivity contribution >= 4 is 53.1 Å². The first-order valence-electron chi connectivity index (χ1n) is 9.19. The minimum atomic E-state index is -2.28. The second-order valence-corrected chi connectivity index (χ2v) is 13.3. The van der Waals surface area contributed by atoms with Crippen LogP contribution in [0.2, 0.25) is 38.8 Å². The van der Waals surface area contributed by atoms with Crippen molar-refractivity contribution in [2.75, 3.05) is 6.61 Å². The molecule has 0 saturated heterocycles. The highest BCUT2D eigenvalue weighted by Gasteiger charge is 2.40. The summed E-state index contributed by atoms with van der Waals surface area (Å²) in [5.41, 5.74) is 0. The van der Waals surface area contributed by atoms with Gasteiger partial charge < -0.3 is 22.4 Å². The summed E-state index contributed by atoms with van der Waals surface area (Å²) in [6, 6.07) is 0.834. The number of esters is 1. The molecule has 0 radical (unpaired) electrons. The summed E-state index contributed by atoms with van der Waals surface area (Å²) < 4.78 is 28.7. The molecule has 0 aliphatic rings. The van der Waals surface area contributed by atoms with Gasteiger partial charge in [0, 0.05) is 6.08 Å². The summed E-state index contributed by atoms with van der Waals surface area (Å²) in [6.45, 7) is 14.4. The zero-order valence-corrected chi connectivity index (χ0v) is 23.5. The largest absolute Gasteiger partial charge is 0.553 e. The Morgan fingerprint density at radius 2 is 1.46 bits per heavy atom. The van der Waals surface area contributed by atoms with Crippen molar-refractivity contribution < 1.29 is 27.2 Å². The lowest BCUT2D eigenvalue weighted by Gasteiger charge is -2.32. The molecule has 0 spiro atoms. The predicted molar refractivity (Wildman–Crippen MR) is 120 cm³/mol. The summed E-state index contributed by atoms with van der Waals surface area (Å²) in [7, 11) is -4.72. The van der Waals surface area contributed by atoms with Crippen molar-refractivity contribution in [1.29, 1.82) is 0 Å². The van der Waals surface area contributed by atoms with Crippen molar-refractivity contribution in [2.24, 2.45) is 0 Å². The van der Waals surface area contributed by atoms with Gasteiger partial charge in [0.1, 0.15) is 0 Å². The number of carbonyl (C=O) groups is 1. The number of ether oxygens (including phenoxy) is 1. The highest BCUT2D eigenvalue weighted by Crippen LogP contribution is 2.31. The molecule has 150 valence electrons. The molecule has 0 amide bonds. The third-order valence-corrected chi connectivity index (χ3v) is 10.5. The van der Waals surface area contributed by atoms with E-state index in [9.17, 15) is 4.79 Å². The number of hydrogen-bond acceptors (Lipinski definition) is 6. The summed E-state index contributed by atoms with van der Waals surface area (Å²) in [5.74, 6) is -0.394. The zero-order valence-electron chi connectivity index (χ0n) is 16.8. The molecule has 0 aromatic carbocycles. The fourth-order valence-electron chi connectivity index (χ4n) is 2.30. The molecule has 6 nitrogen and oxygen atoms in total. The molecule has 0 heterocycles. The first-order valence-corrected chi connectivity index (χ1v) is 19.9. The fraction of sp³-hybridized carbons (Fsp3) is 0.533. The number of hydrogen-bond donors (Lipinski definition) is 0. The van der Waals surface area contributed by atoms with E-state index in [-0.39, 0.29) is 0 Å². The number of rotatable bonds is 15. The quantitative estimate of drug-likeness (QED) is 0.119. The van der Waals surface area contributed by atoms with Crippen LogP contribution in [0, 0.1) is 0 Å². The van der Waals surface area contributed by atoms with Gasteiger partial charge >= 0.3 is 5.97 Å². The zero-order chi connectivity index (χ0) is 19.8. The molecule has 0 aliphatic carbocycles. The highest BCUT2D eigenvalue weighted by molar-refractivity contribution is 6.91. The maximum absolute atomic E-state index is 11.3. The molecule has 11 heteroatoms. The van der Waals surface area contributed by atoms with Gasteiger partial charge in [-0.15, -0.1) is 0 Å². The first kappa shape index (κ1) is 25.0. The maximum Gasteiger partial charge on any atom is 0.330 e. The standard InChI is InChI=1S/C15H34O6Si5/c1-7-13(16)17-9-8-10-26(6,14(20-24-4)11-18-22-2)15(21-25-5)12-19-23-3/h7,11-12H,1,8-10,22-25H2,2-6H3. The lowest BCUT2D eigenvalue weighted by molar-refractivity contribution is -0.137. The second kappa shape index (κ2) is 15.1. The van der Waals surface area contributed by atoms with Crippen LogP contribution in [-0.4, -0.2) is 59.7 Å². The van der Waals surface area contributed by atoms with Crippen LogP contribution in [0.25, 0.3) is 0 Å². The van der Waals surface area contributed by atoms with Crippen LogP contribution in [0.1, 0.15) is 6.42 Å². The Balaban J connectivity index is 5.56. The molecule has 0 rings (SSSR count). The van der Waals surface area contributed by atoms with E-state index in [1.165, 1.54) is 6.08 Å². The lowest BCUT2D eigenvalue weighted by Crippen LogP contribution is -2.40. The van der Waals surface area contributed by atoms with Gasteiger partial charge in [-0.3, -0.25) is 0 Å². The topological polar surface area (TPSA) is 63.2 Å². The van der Waals surface area contributed by atoms with Crippen LogP contribution in [0.5, 0.6) is 0 Å². The van der Waals surface area contributed by atoms with Crippen LogP contribution in [0.3, 0.4) is 0 Å². The van der Waals surface area contributed by atoms with E-state index in [0.29, 0.717) is 6.61 Å². The molecular formula is C15H34O6Si5. The van der Waals surface area contributed by atoms with Crippen molar-refractivity contribution in [2.45, 2.75) is 45.2 Å². The van der Waals surface area contributed by atoms with Gasteiger partial charge in [0.05, 0.1) is 29.9 Å². The average molecular weight is 451 g/mol. The van der Waals surface area contributed by atoms with E-state index in [1.54, 1.807) is 0 Å². The SMILES string of the molecule is C=CC(=O)OCCC[Si](C)(C(=CO[SiH2]C)O[SiH2]C)C(=CO[SiH2]C)O[SiH2]C. The Kier molecular flexibility index (Phi) is 14.5. The fourth-order valence-corrected chi connectivity index (χ4v) is 9.72. The van der Waals surface area contributed by atoms with Crippen molar-refractivity contribution in [3.8, 4) is 0 Å². The van der Waals surface area contributed by atoms with Gasteiger partial charge in [-0.25, -0.2) is 4.79 Å². The predicted octanol–water partition coefficient (Wildman–Crippen LogP) is 0.539. The molecule has 0 aliphatic heterocycles. The highest BCUT2D eigenvalue weighted by atomic mass is 28.3. The van der Waals surface area contributed by atoms with Crippen LogP contribution in [-0.2, 0) is 27.2 Å². The van der Waals surface area contributed by atoms with Gasteiger partial charge in [0.2, 0.25) is 47.1 Å². The van der Waals surface area contributed by atoms with Crippen LogP contribution in [0.4, 0.5) is 0 Å². The third-order valence-electron chi connectivity index (χ3n) is 3.63. The van der Waals surface area contributed by atoms with E-state index >= 15 is 0 Å². The summed E-state index contributed by atoms with van der Waals surface area (Å²) in [6.07, 6.45) is 5.53. The number of carbonyl (C=O) groups excluding carboxylic acids is 1. The lowest BCUT2D eigenvalue weighted by atomic mass is 10.5. The molecule has 0 saturated carbocycles. The molecular weight excluding hydrogens is 417 g/mol. The minimum Gasteiger partial charge on any atom is -0.553 e. The van der Waals surface area contributed by atoms with E-state index in [2.05, 4.69) is 39.3 Å². The van der Waals surface area contributed by atoms with Gasteiger partial charge in [-0.05, 0) is 38.7 Å². The smallest absolute Gasteiger partial charge is 0.330 e. The maximum atomic E-state index is 11.3. The van der Waals surface area contributed by atoms with Gasteiger partial charge in [0.15, 0.2) is 0 Å². The molecule has 0 aromatic heterocycles. The monoisotopic (exact) mass is 450 g/mol. The van der Waals surface area contributed by atoms with Crippen LogP contribution >= 0.6 is 0 Å². The van der Waals surface area contributed by atoms with Gasteiger partial charge in [-0.2, -0.15) is 0 Å².